The predicted octanol–water partition coefficient (Wildman–Crippen LogP) is 1.99. The molecule has 2 heterocycles. The average molecular weight is 417 g/mol. The molecular formula is C20H23N3O5S. The van der Waals surface area contributed by atoms with E-state index in [4.69, 9.17) is 10.5 Å². The van der Waals surface area contributed by atoms with Gasteiger partial charge in [0.15, 0.2) is 6.61 Å². The molecule has 4 amide bonds. The lowest BCUT2D eigenvalue weighted by Gasteiger charge is -2.22. The van der Waals surface area contributed by atoms with E-state index in [9.17, 15) is 19.2 Å². The standard InChI is InChI=1S/C20H23N3O5S/c21-17(24)13-28-15-7-5-14(6-8-15)11-16-19(26)23(20(27)29-16)12-18(25)22-9-3-1-2-4-10-22/h5-8,11H,1-4,9-10,12-13H2,(H2,21,24)/b16-11+. The Kier molecular flexibility index (Phi) is 6.92. The van der Waals surface area contributed by atoms with Crippen LogP contribution in [-0.4, -0.2) is 59.0 Å². The highest BCUT2D eigenvalue weighted by Gasteiger charge is 2.37. The van der Waals surface area contributed by atoms with Gasteiger partial charge in [-0.25, -0.2) is 0 Å². The number of carbonyl (C=O) groups is 4. The first-order valence-electron chi connectivity index (χ1n) is 9.48. The van der Waals surface area contributed by atoms with Gasteiger partial charge >= 0.3 is 0 Å². The molecule has 1 aromatic rings. The van der Waals surface area contributed by atoms with E-state index in [1.54, 1.807) is 35.2 Å². The van der Waals surface area contributed by atoms with Crippen molar-refractivity contribution < 1.29 is 23.9 Å². The van der Waals surface area contributed by atoms with Crippen molar-refractivity contribution in [1.29, 1.82) is 0 Å². The molecule has 8 nitrogen and oxygen atoms in total. The van der Waals surface area contributed by atoms with E-state index in [0.29, 0.717) is 24.4 Å². The maximum absolute atomic E-state index is 12.6. The van der Waals surface area contributed by atoms with Crippen molar-refractivity contribution in [2.24, 2.45) is 5.73 Å². The summed E-state index contributed by atoms with van der Waals surface area (Å²) in [7, 11) is 0. The predicted molar refractivity (Wildman–Crippen MR) is 109 cm³/mol. The molecule has 9 heteroatoms. The zero-order valence-electron chi connectivity index (χ0n) is 16.0. The van der Waals surface area contributed by atoms with Crippen molar-refractivity contribution in [1.82, 2.24) is 9.80 Å². The molecule has 3 rings (SSSR count). The Balaban J connectivity index is 1.63. The number of primary amides is 1. The monoisotopic (exact) mass is 417 g/mol. The Morgan fingerprint density at radius 2 is 1.72 bits per heavy atom. The third-order valence-electron chi connectivity index (χ3n) is 4.68. The van der Waals surface area contributed by atoms with Crippen LogP contribution in [0.25, 0.3) is 6.08 Å². The van der Waals surface area contributed by atoms with E-state index < -0.39 is 17.1 Å². The number of nitrogens with zero attached hydrogens (tertiary/aromatic N) is 2. The van der Waals surface area contributed by atoms with Crippen molar-refractivity contribution in [3.05, 3.63) is 34.7 Å². The van der Waals surface area contributed by atoms with Gasteiger partial charge in [0.1, 0.15) is 12.3 Å². The van der Waals surface area contributed by atoms with Gasteiger partial charge in [0.25, 0.3) is 17.1 Å². The van der Waals surface area contributed by atoms with E-state index in [0.717, 1.165) is 42.3 Å². The SMILES string of the molecule is NC(=O)COc1ccc(/C=C2/SC(=O)N(CC(=O)N3CCCCCC3)C2=O)cc1. The van der Waals surface area contributed by atoms with Gasteiger partial charge in [0.05, 0.1) is 4.91 Å². The van der Waals surface area contributed by atoms with Crippen LogP contribution < -0.4 is 10.5 Å². The average Bonchev–Trinajstić information content (AvgIpc) is 2.90. The molecule has 2 N–H and O–H groups in total. The Morgan fingerprint density at radius 1 is 1.07 bits per heavy atom. The Bertz CT molecular complexity index is 829. The summed E-state index contributed by atoms with van der Waals surface area (Å²) in [6.45, 7) is 0.912. The molecule has 0 radical (unpaired) electrons. The summed E-state index contributed by atoms with van der Waals surface area (Å²) in [6, 6.07) is 6.68. The second-order valence-corrected chi connectivity index (χ2v) is 7.88. The van der Waals surface area contributed by atoms with Crippen LogP contribution in [0.4, 0.5) is 4.79 Å². The van der Waals surface area contributed by atoms with Crippen molar-refractivity contribution in [2.75, 3.05) is 26.2 Å². The zero-order valence-corrected chi connectivity index (χ0v) is 16.8. The molecule has 2 fully saturated rings. The summed E-state index contributed by atoms with van der Waals surface area (Å²) in [6.07, 6.45) is 5.69. The first-order chi connectivity index (χ1) is 13.9. The second kappa shape index (κ2) is 9.60. The fourth-order valence-electron chi connectivity index (χ4n) is 3.16. The number of amides is 4. The van der Waals surface area contributed by atoms with E-state index >= 15 is 0 Å². The van der Waals surface area contributed by atoms with Crippen LogP contribution in [0.3, 0.4) is 0 Å². The number of thioether (sulfide) groups is 1. The number of hydrogen-bond donors (Lipinski definition) is 1. The molecule has 0 atom stereocenters. The topological polar surface area (TPSA) is 110 Å². The highest BCUT2D eigenvalue weighted by Crippen LogP contribution is 2.32. The van der Waals surface area contributed by atoms with Crippen molar-refractivity contribution in [3.63, 3.8) is 0 Å². The summed E-state index contributed by atoms with van der Waals surface area (Å²) < 4.78 is 5.19. The first kappa shape index (κ1) is 20.9. The lowest BCUT2D eigenvalue weighted by molar-refractivity contribution is -0.135. The summed E-state index contributed by atoms with van der Waals surface area (Å²) in [5.41, 5.74) is 5.73. The number of hydrogen-bond acceptors (Lipinski definition) is 6. The van der Waals surface area contributed by atoms with Crippen LogP contribution in [0.1, 0.15) is 31.2 Å². The fourth-order valence-corrected chi connectivity index (χ4v) is 4.00. The maximum Gasteiger partial charge on any atom is 0.294 e. The smallest absolute Gasteiger partial charge is 0.294 e. The number of ether oxygens (including phenoxy) is 1. The van der Waals surface area contributed by atoms with Crippen molar-refractivity contribution in [3.8, 4) is 5.75 Å². The van der Waals surface area contributed by atoms with Gasteiger partial charge in [0, 0.05) is 13.1 Å². The van der Waals surface area contributed by atoms with Crippen LogP contribution in [-0.2, 0) is 14.4 Å². The summed E-state index contributed by atoms with van der Waals surface area (Å²) in [4.78, 5) is 51.2. The van der Waals surface area contributed by atoms with E-state index in [2.05, 4.69) is 0 Å². The van der Waals surface area contributed by atoms with Crippen LogP contribution >= 0.6 is 11.8 Å². The number of nitrogens with two attached hydrogens (primary N) is 1. The molecule has 2 aliphatic heterocycles. The number of rotatable bonds is 6. The minimum atomic E-state index is -0.572. The van der Waals surface area contributed by atoms with Crippen molar-refractivity contribution >= 4 is 40.8 Å². The molecule has 0 bridgehead atoms. The molecule has 0 saturated carbocycles. The highest BCUT2D eigenvalue weighted by atomic mass is 32.2. The molecule has 0 unspecified atom stereocenters. The Hall–Kier alpha value is -2.81. The van der Waals surface area contributed by atoms with E-state index in [1.165, 1.54) is 0 Å². The molecule has 1 aromatic carbocycles. The normalized spacial score (nSPS) is 18.8. The van der Waals surface area contributed by atoms with Gasteiger partial charge in [-0.05, 0) is 48.4 Å². The minimum Gasteiger partial charge on any atom is -0.484 e. The van der Waals surface area contributed by atoms with Gasteiger partial charge in [-0.3, -0.25) is 24.1 Å². The molecule has 2 aliphatic rings. The Labute approximate surface area is 173 Å². The number of benzene rings is 1. The van der Waals surface area contributed by atoms with Crippen LogP contribution in [0.2, 0.25) is 0 Å². The van der Waals surface area contributed by atoms with Gasteiger partial charge in [-0.1, -0.05) is 25.0 Å². The molecule has 2 saturated heterocycles. The number of carbonyl (C=O) groups excluding carboxylic acids is 4. The first-order valence-corrected chi connectivity index (χ1v) is 10.3. The maximum atomic E-state index is 12.6. The third kappa shape index (κ3) is 5.60. The fraction of sp³-hybridized carbons (Fsp3) is 0.400. The van der Waals surface area contributed by atoms with E-state index in [-0.39, 0.29) is 24.0 Å². The van der Waals surface area contributed by atoms with Gasteiger partial charge in [-0.2, -0.15) is 0 Å². The van der Waals surface area contributed by atoms with Crippen LogP contribution in [0, 0.1) is 0 Å². The zero-order chi connectivity index (χ0) is 20.8. The molecule has 0 spiro atoms. The van der Waals surface area contributed by atoms with Crippen molar-refractivity contribution in [2.45, 2.75) is 25.7 Å². The van der Waals surface area contributed by atoms with Crippen LogP contribution in [0.5, 0.6) is 5.75 Å². The van der Waals surface area contributed by atoms with E-state index in [1.807, 2.05) is 0 Å². The van der Waals surface area contributed by atoms with Gasteiger partial charge in [-0.15, -0.1) is 0 Å². The minimum absolute atomic E-state index is 0.189. The summed E-state index contributed by atoms with van der Waals surface area (Å²) in [5, 5.41) is -0.439. The second-order valence-electron chi connectivity index (χ2n) is 6.89. The lowest BCUT2D eigenvalue weighted by Crippen LogP contribution is -2.42. The molecule has 154 valence electrons. The molecular weight excluding hydrogens is 394 g/mol. The Morgan fingerprint density at radius 3 is 2.34 bits per heavy atom. The summed E-state index contributed by atoms with van der Waals surface area (Å²) >= 11 is 0.823. The number of imide groups is 1. The molecule has 0 aromatic heterocycles. The molecule has 29 heavy (non-hydrogen) atoms. The van der Waals surface area contributed by atoms with Gasteiger partial charge < -0.3 is 15.4 Å². The molecule has 0 aliphatic carbocycles. The summed E-state index contributed by atoms with van der Waals surface area (Å²) in [5.74, 6) is -0.752. The largest absolute Gasteiger partial charge is 0.484 e. The van der Waals surface area contributed by atoms with Crippen LogP contribution in [0.15, 0.2) is 29.2 Å². The third-order valence-corrected chi connectivity index (χ3v) is 5.59. The van der Waals surface area contributed by atoms with Gasteiger partial charge in [0.2, 0.25) is 5.91 Å². The number of likely N-dealkylation sites (tertiary alicyclic amines) is 1. The quantitative estimate of drug-likeness (QED) is 0.709. The lowest BCUT2D eigenvalue weighted by atomic mass is 10.2. The highest BCUT2D eigenvalue weighted by molar-refractivity contribution is 8.18.